The maximum absolute atomic E-state index is 12.1. The minimum atomic E-state index is -1.03. The molecule has 0 spiro atoms. The van der Waals surface area contributed by atoms with Gasteiger partial charge < -0.3 is 23.5 Å². The normalized spacial score (nSPS) is 21.9. The Hall–Kier alpha value is -3.65. The molecule has 8 nitrogen and oxygen atoms in total. The Kier molecular flexibility index (Phi) is 7.21. The highest BCUT2D eigenvalue weighted by atomic mass is 16.6. The lowest BCUT2D eigenvalue weighted by Crippen LogP contribution is -2.55. The number of aromatic nitrogens is 1. The number of hydrogen-bond donors (Lipinski definition) is 0. The van der Waals surface area contributed by atoms with Crippen molar-refractivity contribution >= 4 is 28.8 Å². The third kappa shape index (κ3) is 5.54. The molecule has 1 aromatic heterocycles. The lowest BCUT2D eigenvalue weighted by atomic mass is 10.0. The average Bonchev–Trinajstić information content (AvgIpc) is 3.13. The number of aryl methyl sites for hydroxylation is 1. The first-order valence-corrected chi connectivity index (χ1v) is 11.5. The zero-order valence-electron chi connectivity index (χ0n) is 20.2. The van der Waals surface area contributed by atoms with Crippen molar-refractivity contribution in [1.82, 2.24) is 4.57 Å². The van der Waals surface area contributed by atoms with Crippen molar-refractivity contribution in [3.63, 3.8) is 0 Å². The molecule has 4 atom stereocenters. The van der Waals surface area contributed by atoms with Crippen molar-refractivity contribution in [1.29, 1.82) is 0 Å². The summed E-state index contributed by atoms with van der Waals surface area (Å²) >= 11 is 0. The fourth-order valence-electron chi connectivity index (χ4n) is 4.57. The molecule has 0 bridgehead atoms. The number of rotatable bonds is 6. The molecule has 2 heterocycles. The lowest BCUT2D eigenvalue weighted by Gasteiger charge is -2.41. The quantitative estimate of drug-likeness (QED) is 0.391. The van der Waals surface area contributed by atoms with E-state index in [4.69, 9.17) is 18.9 Å². The van der Waals surface area contributed by atoms with Gasteiger partial charge in [0.2, 0.25) is 0 Å². The van der Waals surface area contributed by atoms with Gasteiger partial charge in [0.25, 0.3) is 0 Å². The van der Waals surface area contributed by atoms with E-state index in [0.717, 1.165) is 27.6 Å². The van der Waals surface area contributed by atoms with E-state index in [0.29, 0.717) is 6.42 Å². The topological polar surface area (TPSA) is 93.1 Å². The van der Waals surface area contributed by atoms with Gasteiger partial charge in [0.1, 0.15) is 0 Å². The van der Waals surface area contributed by atoms with E-state index in [9.17, 15) is 14.4 Å². The van der Waals surface area contributed by atoms with E-state index in [1.165, 1.54) is 20.8 Å². The van der Waals surface area contributed by atoms with Crippen LogP contribution >= 0.6 is 0 Å². The van der Waals surface area contributed by atoms with E-state index in [1.807, 2.05) is 48.0 Å². The Balaban J connectivity index is 1.79. The number of ether oxygens (including phenoxy) is 4. The summed E-state index contributed by atoms with van der Waals surface area (Å²) in [6.45, 7) is 5.79. The number of carbonyl (C=O) groups is 3. The van der Waals surface area contributed by atoms with Crippen molar-refractivity contribution in [3.05, 3.63) is 71.4 Å². The number of esters is 3. The summed E-state index contributed by atoms with van der Waals surface area (Å²) in [5.74, 6) is -1.70. The Bertz CT molecular complexity index is 1230. The van der Waals surface area contributed by atoms with Gasteiger partial charge in [-0.05, 0) is 36.6 Å². The van der Waals surface area contributed by atoms with Gasteiger partial charge in [0.05, 0.1) is 12.1 Å². The fourth-order valence-corrected chi connectivity index (χ4v) is 4.57. The summed E-state index contributed by atoms with van der Waals surface area (Å²) in [7, 11) is 0. The number of carbonyl (C=O) groups excluding carboxylic acids is 3. The van der Waals surface area contributed by atoms with E-state index in [-0.39, 0.29) is 6.61 Å². The second kappa shape index (κ2) is 10.3. The highest BCUT2D eigenvalue weighted by Gasteiger charge is 2.48. The molecule has 0 unspecified atom stereocenters. The number of benzene rings is 2. The molecule has 0 saturated carbocycles. The van der Waals surface area contributed by atoms with Crippen molar-refractivity contribution < 1.29 is 33.3 Å². The SMILES string of the molecule is CC(=O)O[C@@H]1[C@@H](OC(C)=O)[C@H](OC(C)=O)CO[C@H]1n1cc(Cc2ccccc2)c2cc(C)ccc21. The largest absolute Gasteiger partial charge is 0.456 e. The molecular formula is C27H29NO7. The van der Waals surface area contributed by atoms with Crippen molar-refractivity contribution in [2.24, 2.45) is 0 Å². The molecular weight excluding hydrogens is 450 g/mol. The van der Waals surface area contributed by atoms with Crippen LogP contribution in [0.1, 0.15) is 43.7 Å². The molecule has 4 rings (SSSR count). The summed E-state index contributed by atoms with van der Waals surface area (Å²) < 4.78 is 24.5. The monoisotopic (exact) mass is 479 g/mol. The minimum Gasteiger partial charge on any atom is -0.456 e. The first-order valence-electron chi connectivity index (χ1n) is 11.5. The maximum Gasteiger partial charge on any atom is 0.303 e. The van der Waals surface area contributed by atoms with Gasteiger partial charge in [-0.15, -0.1) is 0 Å². The predicted octanol–water partition coefficient (Wildman–Crippen LogP) is 3.86. The average molecular weight is 480 g/mol. The van der Waals surface area contributed by atoms with E-state index >= 15 is 0 Å². The van der Waals surface area contributed by atoms with Gasteiger partial charge in [-0.3, -0.25) is 14.4 Å². The third-order valence-electron chi connectivity index (χ3n) is 5.91. The van der Waals surface area contributed by atoms with Crippen LogP contribution in [0.3, 0.4) is 0 Å². The number of hydrogen-bond acceptors (Lipinski definition) is 7. The molecule has 0 aliphatic carbocycles. The molecule has 1 aliphatic heterocycles. The van der Waals surface area contributed by atoms with Gasteiger partial charge >= 0.3 is 17.9 Å². The standard InChI is InChI=1S/C27H29NO7/c1-16-10-11-23-22(12-16)21(13-20-8-6-5-7-9-20)14-28(23)27-26(35-19(4)31)25(34-18(3)30)24(15-32-27)33-17(2)29/h5-12,14,24-27H,13,15H2,1-4H3/t24-,25+,26-,27-/m1/s1. The first-order chi connectivity index (χ1) is 16.7. The number of fused-ring (bicyclic) bond motifs is 1. The van der Waals surface area contributed by atoms with Gasteiger partial charge in [0.15, 0.2) is 24.5 Å². The Labute approximate surface area is 203 Å². The van der Waals surface area contributed by atoms with Crippen molar-refractivity contribution in [2.45, 2.75) is 58.7 Å². The van der Waals surface area contributed by atoms with Crippen LogP contribution < -0.4 is 0 Å². The summed E-state index contributed by atoms with van der Waals surface area (Å²) in [5.41, 5.74) is 4.22. The lowest BCUT2D eigenvalue weighted by molar-refractivity contribution is -0.239. The molecule has 0 radical (unpaired) electrons. The van der Waals surface area contributed by atoms with Gasteiger partial charge in [-0.25, -0.2) is 0 Å². The van der Waals surface area contributed by atoms with Gasteiger partial charge in [-0.1, -0.05) is 42.0 Å². The van der Waals surface area contributed by atoms with Crippen LogP contribution in [0.5, 0.6) is 0 Å². The molecule has 35 heavy (non-hydrogen) atoms. The fraction of sp³-hybridized carbons (Fsp3) is 0.370. The molecule has 0 amide bonds. The van der Waals surface area contributed by atoms with Crippen molar-refractivity contribution in [2.75, 3.05) is 6.61 Å². The van der Waals surface area contributed by atoms with Crippen LogP contribution in [0.25, 0.3) is 10.9 Å². The highest BCUT2D eigenvalue weighted by Crippen LogP contribution is 2.35. The predicted molar refractivity (Wildman–Crippen MR) is 128 cm³/mol. The van der Waals surface area contributed by atoms with E-state index in [1.54, 1.807) is 0 Å². The van der Waals surface area contributed by atoms with E-state index in [2.05, 4.69) is 18.2 Å². The van der Waals surface area contributed by atoms with Crippen LogP contribution in [0.2, 0.25) is 0 Å². The molecule has 8 heteroatoms. The van der Waals surface area contributed by atoms with Gasteiger partial charge in [-0.2, -0.15) is 0 Å². The summed E-state index contributed by atoms with van der Waals surface area (Å²) in [5, 5.41) is 1.05. The first kappa shape index (κ1) is 24.5. The van der Waals surface area contributed by atoms with Crippen molar-refractivity contribution in [3.8, 4) is 0 Å². The van der Waals surface area contributed by atoms with E-state index < -0.39 is 42.4 Å². The smallest absolute Gasteiger partial charge is 0.303 e. The molecule has 184 valence electrons. The molecule has 1 saturated heterocycles. The molecule has 1 fully saturated rings. The summed E-state index contributed by atoms with van der Waals surface area (Å²) in [6, 6.07) is 16.2. The second-order valence-corrected chi connectivity index (χ2v) is 8.76. The number of nitrogens with zero attached hydrogens (tertiary/aromatic N) is 1. The summed E-state index contributed by atoms with van der Waals surface area (Å²) in [6.07, 6.45) is -1.09. The third-order valence-corrected chi connectivity index (χ3v) is 5.91. The Morgan fingerprint density at radius 2 is 1.57 bits per heavy atom. The zero-order valence-corrected chi connectivity index (χ0v) is 20.2. The maximum atomic E-state index is 12.1. The molecule has 0 N–H and O–H groups in total. The minimum absolute atomic E-state index is 0.0283. The second-order valence-electron chi connectivity index (χ2n) is 8.76. The highest BCUT2D eigenvalue weighted by molar-refractivity contribution is 5.85. The van der Waals surface area contributed by atoms with Crippen LogP contribution in [-0.4, -0.2) is 47.4 Å². The molecule has 3 aromatic rings. The van der Waals surface area contributed by atoms with Crippen LogP contribution in [0, 0.1) is 6.92 Å². The Morgan fingerprint density at radius 3 is 2.23 bits per heavy atom. The molecule has 1 aliphatic rings. The van der Waals surface area contributed by atoms with Crippen LogP contribution in [0.15, 0.2) is 54.7 Å². The summed E-state index contributed by atoms with van der Waals surface area (Å²) in [4.78, 5) is 35.7. The molecule has 2 aromatic carbocycles. The Morgan fingerprint density at radius 1 is 0.914 bits per heavy atom. The zero-order chi connectivity index (χ0) is 25.1. The van der Waals surface area contributed by atoms with Crippen LogP contribution in [0.4, 0.5) is 0 Å². The van der Waals surface area contributed by atoms with Gasteiger partial charge in [0, 0.05) is 32.4 Å². The van der Waals surface area contributed by atoms with Crippen LogP contribution in [-0.2, 0) is 39.8 Å².